The van der Waals surface area contributed by atoms with Gasteiger partial charge in [-0.05, 0) is 54.4 Å². The number of anilines is 1. The van der Waals surface area contributed by atoms with E-state index in [0.717, 1.165) is 11.1 Å². The predicted octanol–water partition coefficient (Wildman–Crippen LogP) is 3.73. The second kappa shape index (κ2) is 8.79. The smallest absolute Gasteiger partial charge is 0.262 e. The zero-order chi connectivity index (χ0) is 20.9. The molecule has 1 amide bonds. The SMILES string of the molecule is COc1ccccc1NS(=O)(=O)c1ccc(C(=O)NCc2ccccc2C)cc1. The molecule has 0 aliphatic heterocycles. The summed E-state index contributed by atoms with van der Waals surface area (Å²) in [7, 11) is -2.34. The molecule has 0 heterocycles. The van der Waals surface area contributed by atoms with Gasteiger partial charge in [-0.25, -0.2) is 8.42 Å². The summed E-state index contributed by atoms with van der Waals surface area (Å²) in [6.07, 6.45) is 0. The lowest BCUT2D eigenvalue weighted by Gasteiger charge is -2.12. The molecule has 0 atom stereocenters. The van der Waals surface area contributed by atoms with Crippen molar-refractivity contribution in [2.24, 2.45) is 0 Å². The fraction of sp³-hybridized carbons (Fsp3) is 0.136. The van der Waals surface area contributed by atoms with Gasteiger partial charge in [0.1, 0.15) is 5.75 Å². The van der Waals surface area contributed by atoms with Crippen molar-refractivity contribution in [2.45, 2.75) is 18.4 Å². The van der Waals surface area contributed by atoms with Crippen LogP contribution in [0.2, 0.25) is 0 Å². The Balaban J connectivity index is 1.70. The number of rotatable bonds is 7. The third-order valence-corrected chi connectivity index (χ3v) is 5.86. The highest BCUT2D eigenvalue weighted by Crippen LogP contribution is 2.26. The summed E-state index contributed by atoms with van der Waals surface area (Å²) in [5, 5.41) is 2.85. The van der Waals surface area contributed by atoms with Crippen molar-refractivity contribution in [1.29, 1.82) is 0 Å². The van der Waals surface area contributed by atoms with Crippen LogP contribution in [0.25, 0.3) is 0 Å². The average Bonchev–Trinajstić information content (AvgIpc) is 2.73. The van der Waals surface area contributed by atoms with E-state index in [-0.39, 0.29) is 10.8 Å². The Morgan fingerprint density at radius 3 is 2.28 bits per heavy atom. The maximum Gasteiger partial charge on any atom is 0.262 e. The van der Waals surface area contributed by atoms with Gasteiger partial charge in [-0.3, -0.25) is 9.52 Å². The number of hydrogen-bond donors (Lipinski definition) is 2. The molecule has 0 unspecified atom stereocenters. The van der Waals surface area contributed by atoms with Crippen LogP contribution < -0.4 is 14.8 Å². The Labute approximate surface area is 170 Å². The van der Waals surface area contributed by atoms with Crippen LogP contribution in [0.3, 0.4) is 0 Å². The number of ether oxygens (including phenoxy) is 1. The van der Waals surface area contributed by atoms with E-state index in [9.17, 15) is 13.2 Å². The summed E-state index contributed by atoms with van der Waals surface area (Å²) in [6, 6.07) is 20.3. The van der Waals surface area contributed by atoms with E-state index in [0.29, 0.717) is 23.5 Å². The molecule has 0 saturated heterocycles. The summed E-state index contributed by atoms with van der Waals surface area (Å²) < 4.78 is 32.9. The van der Waals surface area contributed by atoms with Gasteiger partial charge < -0.3 is 10.1 Å². The lowest BCUT2D eigenvalue weighted by Crippen LogP contribution is -2.23. The molecule has 0 saturated carbocycles. The number of hydrogen-bond acceptors (Lipinski definition) is 4. The van der Waals surface area contributed by atoms with Gasteiger partial charge in [-0.15, -0.1) is 0 Å². The molecule has 0 radical (unpaired) electrons. The van der Waals surface area contributed by atoms with Crippen LogP contribution in [-0.2, 0) is 16.6 Å². The summed E-state index contributed by atoms with van der Waals surface area (Å²) in [6.45, 7) is 2.39. The predicted molar refractivity (Wildman–Crippen MR) is 113 cm³/mol. The summed E-state index contributed by atoms with van der Waals surface area (Å²) in [4.78, 5) is 12.4. The molecule has 0 aromatic heterocycles. The van der Waals surface area contributed by atoms with Crippen LogP contribution in [0.1, 0.15) is 21.5 Å². The summed E-state index contributed by atoms with van der Waals surface area (Å²) in [5.41, 5.74) is 2.85. The number of methoxy groups -OCH3 is 1. The molecule has 0 bridgehead atoms. The average molecular weight is 410 g/mol. The van der Waals surface area contributed by atoms with Crippen LogP contribution in [-0.4, -0.2) is 21.4 Å². The van der Waals surface area contributed by atoms with Gasteiger partial charge in [0.15, 0.2) is 0 Å². The molecular weight excluding hydrogens is 388 g/mol. The van der Waals surface area contributed by atoms with Crippen LogP contribution >= 0.6 is 0 Å². The highest BCUT2D eigenvalue weighted by molar-refractivity contribution is 7.92. The normalized spacial score (nSPS) is 11.0. The van der Waals surface area contributed by atoms with E-state index in [1.807, 2.05) is 31.2 Å². The second-order valence-electron chi connectivity index (χ2n) is 6.44. The van der Waals surface area contributed by atoms with E-state index >= 15 is 0 Å². The Hall–Kier alpha value is -3.32. The summed E-state index contributed by atoms with van der Waals surface area (Å²) >= 11 is 0. The molecule has 2 N–H and O–H groups in total. The number of para-hydroxylation sites is 2. The highest BCUT2D eigenvalue weighted by Gasteiger charge is 2.17. The zero-order valence-electron chi connectivity index (χ0n) is 16.2. The molecule has 150 valence electrons. The van der Waals surface area contributed by atoms with Gasteiger partial charge in [-0.2, -0.15) is 0 Å². The molecule has 0 spiro atoms. The number of amides is 1. The van der Waals surface area contributed by atoms with Crippen molar-refractivity contribution >= 4 is 21.6 Å². The third-order valence-electron chi connectivity index (χ3n) is 4.48. The van der Waals surface area contributed by atoms with E-state index in [1.54, 1.807) is 24.3 Å². The summed E-state index contributed by atoms with van der Waals surface area (Å²) in [5.74, 6) is 0.151. The zero-order valence-corrected chi connectivity index (χ0v) is 17.0. The molecule has 0 aliphatic rings. The van der Waals surface area contributed by atoms with Gasteiger partial charge >= 0.3 is 0 Å². The highest BCUT2D eigenvalue weighted by atomic mass is 32.2. The van der Waals surface area contributed by atoms with Crippen LogP contribution in [0.15, 0.2) is 77.7 Å². The Bertz CT molecular complexity index is 1110. The van der Waals surface area contributed by atoms with Crippen molar-refractivity contribution in [2.75, 3.05) is 11.8 Å². The fourth-order valence-electron chi connectivity index (χ4n) is 2.80. The molecule has 3 aromatic carbocycles. The fourth-order valence-corrected chi connectivity index (χ4v) is 3.87. The molecule has 0 fully saturated rings. The third kappa shape index (κ3) is 4.94. The van der Waals surface area contributed by atoms with Gasteiger partial charge in [0.25, 0.3) is 15.9 Å². The molecular formula is C22H22N2O4S. The first-order valence-corrected chi connectivity index (χ1v) is 10.5. The maximum atomic E-state index is 12.6. The molecule has 29 heavy (non-hydrogen) atoms. The minimum Gasteiger partial charge on any atom is -0.495 e. The van der Waals surface area contributed by atoms with Gasteiger partial charge in [-0.1, -0.05) is 36.4 Å². The first-order chi connectivity index (χ1) is 13.9. The van der Waals surface area contributed by atoms with Crippen molar-refractivity contribution in [3.05, 3.63) is 89.5 Å². The molecule has 3 aromatic rings. The van der Waals surface area contributed by atoms with Crippen molar-refractivity contribution in [1.82, 2.24) is 5.32 Å². The van der Waals surface area contributed by atoms with Gasteiger partial charge in [0.2, 0.25) is 0 Å². The largest absolute Gasteiger partial charge is 0.495 e. The monoisotopic (exact) mass is 410 g/mol. The minimum absolute atomic E-state index is 0.0545. The standard InChI is InChI=1S/C22H22N2O4S/c1-16-7-3-4-8-18(16)15-23-22(25)17-11-13-19(14-12-17)29(26,27)24-20-9-5-6-10-21(20)28-2/h3-14,24H,15H2,1-2H3,(H,23,25). The quantitative estimate of drug-likeness (QED) is 0.622. The number of carbonyl (C=O) groups is 1. The second-order valence-corrected chi connectivity index (χ2v) is 8.12. The maximum absolute atomic E-state index is 12.6. The number of sulfonamides is 1. The Morgan fingerprint density at radius 2 is 1.59 bits per heavy atom. The van der Waals surface area contributed by atoms with Gasteiger partial charge in [0.05, 0.1) is 17.7 Å². The van der Waals surface area contributed by atoms with E-state index < -0.39 is 10.0 Å². The molecule has 0 aliphatic carbocycles. The lowest BCUT2D eigenvalue weighted by molar-refractivity contribution is 0.0951. The van der Waals surface area contributed by atoms with Crippen LogP contribution in [0.4, 0.5) is 5.69 Å². The number of aryl methyl sites for hydroxylation is 1. The Kier molecular flexibility index (Phi) is 6.19. The van der Waals surface area contributed by atoms with E-state index in [1.165, 1.54) is 31.4 Å². The van der Waals surface area contributed by atoms with Crippen LogP contribution in [0, 0.1) is 6.92 Å². The van der Waals surface area contributed by atoms with Gasteiger partial charge in [0, 0.05) is 12.1 Å². The van der Waals surface area contributed by atoms with Crippen molar-refractivity contribution in [3.63, 3.8) is 0 Å². The van der Waals surface area contributed by atoms with Crippen LogP contribution in [0.5, 0.6) is 5.75 Å². The topological polar surface area (TPSA) is 84.5 Å². The first kappa shape index (κ1) is 20.4. The molecule has 6 nitrogen and oxygen atoms in total. The van der Waals surface area contributed by atoms with Crippen molar-refractivity contribution < 1.29 is 17.9 Å². The lowest BCUT2D eigenvalue weighted by atomic mass is 10.1. The molecule has 3 rings (SSSR count). The number of carbonyl (C=O) groups excluding carboxylic acids is 1. The van der Waals surface area contributed by atoms with E-state index in [4.69, 9.17) is 4.74 Å². The number of nitrogens with one attached hydrogen (secondary N) is 2. The van der Waals surface area contributed by atoms with E-state index in [2.05, 4.69) is 10.0 Å². The first-order valence-electron chi connectivity index (χ1n) is 8.99. The van der Waals surface area contributed by atoms with Crippen molar-refractivity contribution in [3.8, 4) is 5.75 Å². The minimum atomic E-state index is -3.81. The Morgan fingerprint density at radius 1 is 0.931 bits per heavy atom. The molecule has 7 heteroatoms. The number of benzene rings is 3.